The van der Waals surface area contributed by atoms with Gasteiger partial charge in [-0.2, -0.15) is 0 Å². The molecular weight excluding hydrogens is 332 g/mol. The van der Waals surface area contributed by atoms with Crippen LogP contribution in [0.15, 0.2) is 17.0 Å². The minimum atomic E-state index is -3.94. The number of aliphatic carboxylic acids is 1. The quantitative estimate of drug-likeness (QED) is 0.844. The number of carbonyl (C=O) groups excluding carboxylic acids is 1. The van der Waals surface area contributed by atoms with E-state index < -0.39 is 21.9 Å². The number of primary sulfonamides is 1. The Labute approximate surface area is 141 Å². The Morgan fingerprint density at radius 1 is 1.25 bits per heavy atom. The number of nitrogens with zero attached hydrogens (tertiary/aromatic N) is 1. The summed E-state index contributed by atoms with van der Waals surface area (Å²) in [5.41, 5.74) is 1.36. The van der Waals surface area contributed by atoms with E-state index in [9.17, 15) is 23.1 Å². The third-order valence-corrected chi connectivity index (χ3v) is 5.51. The number of carboxylic acid groups (broad SMARTS) is 1. The van der Waals surface area contributed by atoms with Crippen LogP contribution in [-0.4, -0.2) is 43.4 Å². The number of carbonyl (C=O) groups is 2. The van der Waals surface area contributed by atoms with Crippen LogP contribution in [-0.2, 0) is 14.8 Å². The lowest BCUT2D eigenvalue weighted by atomic mass is 9.90. The molecule has 8 heteroatoms. The van der Waals surface area contributed by atoms with E-state index in [1.165, 1.54) is 11.0 Å². The van der Waals surface area contributed by atoms with E-state index in [-0.39, 0.29) is 28.8 Å². The summed E-state index contributed by atoms with van der Waals surface area (Å²) in [7, 11) is -3.94. The monoisotopic (exact) mass is 354 g/mol. The predicted molar refractivity (Wildman–Crippen MR) is 88.1 cm³/mol. The van der Waals surface area contributed by atoms with Crippen LogP contribution in [0, 0.1) is 25.7 Å². The zero-order valence-electron chi connectivity index (χ0n) is 13.9. The van der Waals surface area contributed by atoms with Crippen LogP contribution in [0.5, 0.6) is 0 Å². The van der Waals surface area contributed by atoms with Gasteiger partial charge in [-0.15, -0.1) is 0 Å². The van der Waals surface area contributed by atoms with E-state index >= 15 is 0 Å². The number of piperidine rings is 1. The first kappa shape index (κ1) is 18.4. The molecular formula is C16H22N2O5S. The molecule has 1 amide bonds. The van der Waals surface area contributed by atoms with Crippen molar-refractivity contribution >= 4 is 21.9 Å². The van der Waals surface area contributed by atoms with Gasteiger partial charge in [-0.1, -0.05) is 6.92 Å². The highest BCUT2D eigenvalue weighted by atomic mass is 32.2. The van der Waals surface area contributed by atoms with Crippen LogP contribution in [0.1, 0.15) is 34.8 Å². The Balaban J connectivity index is 2.39. The van der Waals surface area contributed by atoms with Gasteiger partial charge in [0.1, 0.15) is 0 Å². The van der Waals surface area contributed by atoms with E-state index in [0.29, 0.717) is 24.1 Å². The number of likely N-dealkylation sites (tertiary alicyclic amines) is 1. The number of sulfonamides is 1. The summed E-state index contributed by atoms with van der Waals surface area (Å²) in [6.45, 7) is 5.80. The number of rotatable bonds is 3. The first-order valence-corrected chi connectivity index (χ1v) is 9.21. The molecule has 0 aliphatic carbocycles. The molecule has 132 valence electrons. The second kappa shape index (κ2) is 6.52. The molecule has 7 nitrogen and oxygen atoms in total. The Bertz CT molecular complexity index is 788. The fraction of sp³-hybridized carbons (Fsp3) is 0.500. The van der Waals surface area contributed by atoms with Crippen LogP contribution in [0.4, 0.5) is 0 Å². The van der Waals surface area contributed by atoms with Gasteiger partial charge in [0.15, 0.2) is 0 Å². The van der Waals surface area contributed by atoms with Gasteiger partial charge in [-0.05, 0) is 49.4 Å². The van der Waals surface area contributed by atoms with E-state index in [0.717, 1.165) is 0 Å². The minimum Gasteiger partial charge on any atom is -0.481 e. The number of amides is 1. The Kier molecular flexibility index (Phi) is 5.00. The van der Waals surface area contributed by atoms with Crippen molar-refractivity contribution in [2.24, 2.45) is 17.0 Å². The fourth-order valence-electron chi connectivity index (χ4n) is 3.12. The number of nitrogens with two attached hydrogens (primary N) is 1. The normalized spacial score (nSPS) is 21.6. The van der Waals surface area contributed by atoms with Gasteiger partial charge in [0.25, 0.3) is 5.91 Å². The molecule has 3 N–H and O–H groups in total. The Morgan fingerprint density at radius 2 is 1.88 bits per heavy atom. The van der Waals surface area contributed by atoms with Crippen molar-refractivity contribution in [1.29, 1.82) is 0 Å². The van der Waals surface area contributed by atoms with Crippen LogP contribution in [0.25, 0.3) is 0 Å². The van der Waals surface area contributed by atoms with E-state index in [2.05, 4.69) is 0 Å². The molecule has 0 radical (unpaired) electrons. The van der Waals surface area contributed by atoms with Crippen molar-refractivity contribution in [3.05, 3.63) is 28.8 Å². The van der Waals surface area contributed by atoms with Gasteiger partial charge in [-0.25, -0.2) is 13.6 Å². The molecule has 1 aliphatic rings. The lowest BCUT2D eigenvalue weighted by molar-refractivity contribution is -0.143. The van der Waals surface area contributed by atoms with Crippen LogP contribution >= 0.6 is 0 Å². The molecule has 24 heavy (non-hydrogen) atoms. The van der Waals surface area contributed by atoms with Crippen LogP contribution in [0.3, 0.4) is 0 Å². The third kappa shape index (κ3) is 3.76. The second-order valence-electron chi connectivity index (χ2n) is 6.55. The molecule has 1 fully saturated rings. The Hall–Kier alpha value is -1.93. The molecule has 1 aromatic rings. The first-order chi connectivity index (χ1) is 11.0. The molecule has 1 heterocycles. The summed E-state index contributed by atoms with van der Waals surface area (Å²) in [5.74, 6) is -1.85. The zero-order chi connectivity index (χ0) is 18.2. The highest BCUT2D eigenvalue weighted by molar-refractivity contribution is 7.89. The molecule has 2 unspecified atom stereocenters. The largest absolute Gasteiger partial charge is 0.481 e. The maximum atomic E-state index is 12.8. The van der Waals surface area contributed by atoms with Crippen molar-refractivity contribution < 1.29 is 23.1 Å². The summed E-state index contributed by atoms with van der Waals surface area (Å²) < 4.78 is 23.5. The molecule has 2 atom stereocenters. The maximum absolute atomic E-state index is 12.8. The van der Waals surface area contributed by atoms with Gasteiger partial charge < -0.3 is 10.0 Å². The summed E-state index contributed by atoms with van der Waals surface area (Å²) in [4.78, 5) is 25.4. The molecule has 0 aromatic heterocycles. The predicted octanol–water partition coefficient (Wildman–Crippen LogP) is 1.13. The lowest BCUT2D eigenvalue weighted by Crippen LogP contribution is -2.45. The average Bonchev–Trinajstić information content (AvgIpc) is 2.47. The number of carboxylic acids is 1. The van der Waals surface area contributed by atoms with E-state index in [1.54, 1.807) is 19.9 Å². The minimum absolute atomic E-state index is 0.0630. The van der Waals surface area contributed by atoms with Gasteiger partial charge >= 0.3 is 5.97 Å². The summed E-state index contributed by atoms with van der Waals surface area (Å²) in [5, 5.41) is 14.5. The highest BCUT2D eigenvalue weighted by Crippen LogP contribution is 2.25. The van der Waals surface area contributed by atoms with Gasteiger partial charge in [0.2, 0.25) is 10.0 Å². The lowest BCUT2D eigenvalue weighted by Gasteiger charge is -2.34. The number of hydrogen-bond donors (Lipinski definition) is 2. The topological polar surface area (TPSA) is 118 Å². The molecule has 0 spiro atoms. The second-order valence-corrected chi connectivity index (χ2v) is 8.08. The van der Waals surface area contributed by atoms with Crippen molar-refractivity contribution in [2.45, 2.75) is 32.1 Å². The highest BCUT2D eigenvalue weighted by Gasteiger charge is 2.32. The standard InChI is InChI=1S/C16H22N2O5S/c1-9-4-13(16(20)21)8-18(7-9)15(19)12-5-10(2)11(3)14(6-12)24(17,22)23/h5-6,9,13H,4,7-8H2,1-3H3,(H,20,21)(H2,17,22,23). The van der Waals surface area contributed by atoms with Gasteiger partial charge in [0.05, 0.1) is 10.8 Å². The van der Waals surface area contributed by atoms with Crippen molar-refractivity contribution in [3.8, 4) is 0 Å². The number of aryl methyl sites for hydroxylation is 1. The summed E-state index contributed by atoms with van der Waals surface area (Å²) in [6, 6.07) is 2.89. The molecule has 0 saturated carbocycles. The smallest absolute Gasteiger partial charge is 0.308 e. The SMILES string of the molecule is Cc1cc(C(=O)N2CC(C)CC(C(=O)O)C2)cc(S(N)(=O)=O)c1C. The van der Waals surface area contributed by atoms with Gasteiger partial charge in [-0.3, -0.25) is 9.59 Å². The zero-order valence-corrected chi connectivity index (χ0v) is 14.8. The third-order valence-electron chi connectivity index (χ3n) is 4.47. The van der Waals surface area contributed by atoms with Crippen molar-refractivity contribution in [3.63, 3.8) is 0 Å². The molecule has 1 aliphatic heterocycles. The maximum Gasteiger partial charge on any atom is 0.308 e. The molecule has 1 saturated heterocycles. The van der Waals surface area contributed by atoms with E-state index in [1.807, 2.05) is 6.92 Å². The van der Waals surface area contributed by atoms with Crippen molar-refractivity contribution in [2.75, 3.05) is 13.1 Å². The van der Waals surface area contributed by atoms with Crippen LogP contribution in [0.2, 0.25) is 0 Å². The molecule has 2 rings (SSSR count). The molecule has 1 aromatic carbocycles. The summed E-state index contributed by atoms with van der Waals surface area (Å²) >= 11 is 0. The van der Waals surface area contributed by atoms with Crippen molar-refractivity contribution in [1.82, 2.24) is 4.90 Å². The first-order valence-electron chi connectivity index (χ1n) is 7.66. The van der Waals surface area contributed by atoms with Crippen LogP contribution < -0.4 is 5.14 Å². The number of benzene rings is 1. The fourth-order valence-corrected chi connectivity index (χ4v) is 4.00. The van der Waals surface area contributed by atoms with Gasteiger partial charge in [0, 0.05) is 18.7 Å². The molecule has 0 bridgehead atoms. The van der Waals surface area contributed by atoms with E-state index in [4.69, 9.17) is 5.14 Å². The number of hydrogen-bond acceptors (Lipinski definition) is 4. The Morgan fingerprint density at radius 3 is 2.42 bits per heavy atom. The summed E-state index contributed by atoms with van der Waals surface area (Å²) in [6.07, 6.45) is 0.522. The average molecular weight is 354 g/mol.